The highest BCUT2D eigenvalue weighted by molar-refractivity contribution is 5.79. The molecule has 0 saturated heterocycles. The number of aliphatic hydroxyl groups is 2. The minimum absolute atomic E-state index is 0.00601. The van der Waals surface area contributed by atoms with E-state index in [0.29, 0.717) is 35.5 Å². The Hall–Kier alpha value is -5.07. The van der Waals surface area contributed by atoms with Crippen LogP contribution in [0.2, 0.25) is 0 Å². The van der Waals surface area contributed by atoms with Crippen molar-refractivity contribution in [3.63, 3.8) is 0 Å². The summed E-state index contributed by atoms with van der Waals surface area (Å²) < 4.78 is 27.7. The molecule has 52 heavy (non-hydrogen) atoms. The summed E-state index contributed by atoms with van der Waals surface area (Å²) in [5.41, 5.74) is 0.479. The summed E-state index contributed by atoms with van der Waals surface area (Å²) in [5.74, 6) is -1.00. The number of Topliss-reactive ketones (excluding diaryl/α,β-unsaturated/α-hetero) is 2. The Kier molecular flexibility index (Phi) is 17.0. The summed E-state index contributed by atoms with van der Waals surface area (Å²) in [6.45, 7) is 3.97. The maximum absolute atomic E-state index is 13.2. The van der Waals surface area contributed by atoms with E-state index in [9.17, 15) is 34.2 Å². The summed E-state index contributed by atoms with van der Waals surface area (Å²) in [4.78, 5) is 60.9. The maximum Gasteiger partial charge on any atom is 0.319 e. The van der Waals surface area contributed by atoms with Gasteiger partial charge < -0.3 is 33.9 Å². The lowest BCUT2D eigenvalue weighted by Gasteiger charge is -2.26. The number of esters is 3. The maximum atomic E-state index is 13.2. The third-order valence-electron chi connectivity index (χ3n) is 7.89. The highest BCUT2D eigenvalue weighted by Crippen LogP contribution is 2.24. The SMILES string of the molecule is CC(=O)CC(O)c1ccc(OCCCC(=O)OCC(C)(COC(=O)CCCOc2ccc(C(O)CC(C)=O)cc2)C(=O)OCc2ccccc2)cc1. The highest BCUT2D eigenvalue weighted by Gasteiger charge is 2.38. The van der Waals surface area contributed by atoms with Gasteiger partial charge in [-0.15, -0.1) is 0 Å². The fourth-order valence-corrected chi connectivity index (χ4v) is 4.85. The van der Waals surface area contributed by atoms with Crippen LogP contribution in [0.4, 0.5) is 0 Å². The molecule has 0 heterocycles. The molecule has 12 nitrogen and oxygen atoms in total. The molecule has 280 valence electrons. The van der Waals surface area contributed by atoms with Crippen LogP contribution in [0.15, 0.2) is 78.9 Å². The lowest BCUT2D eigenvalue weighted by atomic mass is 9.93. The van der Waals surface area contributed by atoms with E-state index in [0.717, 1.165) is 5.56 Å². The Labute approximate surface area is 304 Å². The quantitative estimate of drug-likeness (QED) is 0.0710. The molecule has 0 spiro atoms. The number of carbonyl (C=O) groups excluding carboxylic acids is 5. The number of carbonyl (C=O) groups is 5. The molecule has 0 saturated carbocycles. The van der Waals surface area contributed by atoms with E-state index in [1.807, 2.05) is 18.2 Å². The van der Waals surface area contributed by atoms with E-state index >= 15 is 0 Å². The Balaban J connectivity index is 1.45. The van der Waals surface area contributed by atoms with E-state index in [1.165, 1.54) is 20.8 Å². The van der Waals surface area contributed by atoms with Crippen LogP contribution in [-0.2, 0) is 44.8 Å². The van der Waals surface area contributed by atoms with Gasteiger partial charge in [-0.25, -0.2) is 0 Å². The Bertz CT molecular complexity index is 1500. The van der Waals surface area contributed by atoms with Gasteiger partial charge in [0.2, 0.25) is 0 Å². The fourth-order valence-electron chi connectivity index (χ4n) is 4.85. The highest BCUT2D eigenvalue weighted by atomic mass is 16.6. The molecule has 2 N–H and O–H groups in total. The lowest BCUT2D eigenvalue weighted by Crippen LogP contribution is -2.40. The topological polar surface area (TPSA) is 172 Å². The van der Waals surface area contributed by atoms with Crippen molar-refractivity contribution in [3.8, 4) is 11.5 Å². The standard InChI is InChI=1S/C40H48O12/c1-28(41)23-35(43)31-13-17-33(18-14-31)48-21-7-11-37(45)51-26-40(3,39(47)50-25-30-9-5-4-6-10-30)27-52-38(46)12-8-22-49-34-19-15-32(16-20-34)36(44)24-29(2)42/h4-6,9-10,13-20,35-36,43-44H,7-8,11-12,21-27H2,1-3H3. The van der Waals surface area contributed by atoms with Gasteiger partial charge in [-0.2, -0.15) is 0 Å². The Morgan fingerprint density at radius 3 is 1.44 bits per heavy atom. The molecule has 3 rings (SSSR count). The van der Waals surface area contributed by atoms with Crippen molar-refractivity contribution in [1.82, 2.24) is 0 Å². The average molecular weight is 721 g/mol. The normalized spacial score (nSPS) is 13.2. The van der Waals surface area contributed by atoms with E-state index in [1.54, 1.807) is 60.7 Å². The lowest BCUT2D eigenvalue weighted by molar-refractivity contribution is -0.171. The molecule has 0 radical (unpaired) electrons. The number of hydrogen-bond donors (Lipinski definition) is 2. The van der Waals surface area contributed by atoms with Gasteiger partial charge in [0.25, 0.3) is 0 Å². The first-order chi connectivity index (χ1) is 24.8. The van der Waals surface area contributed by atoms with Crippen molar-refractivity contribution in [2.24, 2.45) is 5.41 Å². The Morgan fingerprint density at radius 1 is 0.615 bits per heavy atom. The third kappa shape index (κ3) is 15.0. The molecule has 3 aromatic carbocycles. The molecule has 0 aromatic heterocycles. The molecule has 0 amide bonds. The molecular formula is C40H48O12. The van der Waals surface area contributed by atoms with Gasteiger partial charge in [0.15, 0.2) is 0 Å². The molecule has 0 aliphatic rings. The molecular weight excluding hydrogens is 672 g/mol. The van der Waals surface area contributed by atoms with Crippen LogP contribution in [0.5, 0.6) is 11.5 Å². The zero-order valence-corrected chi connectivity index (χ0v) is 29.9. The monoisotopic (exact) mass is 720 g/mol. The third-order valence-corrected chi connectivity index (χ3v) is 7.89. The molecule has 0 aliphatic heterocycles. The van der Waals surface area contributed by atoms with Gasteiger partial charge in [0.05, 0.1) is 25.4 Å². The van der Waals surface area contributed by atoms with Gasteiger partial charge in [-0.3, -0.25) is 24.0 Å². The zero-order valence-electron chi connectivity index (χ0n) is 29.9. The van der Waals surface area contributed by atoms with Crippen LogP contribution >= 0.6 is 0 Å². The first-order valence-electron chi connectivity index (χ1n) is 17.2. The summed E-state index contributed by atoms with van der Waals surface area (Å²) >= 11 is 0. The van der Waals surface area contributed by atoms with Crippen LogP contribution < -0.4 is 9.47 Å². The van der Waals surface area contributed by atoms with Crippen molar-refractivity contribution in [2.75, 3.05) is 26.4 Å². The molecule has 0 bridgehead atoms. The summed E-state index contributed by atoms with van der Waals surface area (Å²) in [7, 11) is 0. The Morgan fingerprint density at radius 2 is 1.04 bits per heavy atom. The fraction of sp³-hybridized carbons (Fsp3) is 0.425. The van der Waals surface area contributed by atoms with Crippen LogP contribution in [0.25, 0.3) is 0 Å². The second-order valence-electron chi connectivity index (χ2n) is 12.8. The first-order valence-corrected chi connectivity index (χ1v) is 17.2. The number of ether oxygens (including phenoxy) is 5. The molecule has 3 aromatic rings. The van der Waals surface area contributed by atoms with E-state index in [-0.39, 0.29) is 70.3 Å². The van der Waals surface area contributed by atoms with Crippen molar-refractivity contribution < 1.29 is 57.9 Å². The van der Waals surface area contributed by atoms with E-state index in [2.05, 4.69) is 0 Å². The first kappa shape index (κ1) is 41.4. The zero-order chi connectivity index (χ0) is 37.9. The summed E-state index contributed by atoms with van der Waals surface area (Å²) in [6, 6.07) is 22.4. The molecule has 12 heteroatoms. The van der Waals surface area contributed by atoms with Crippen molar-refractivity contribution >= 4 is 29.5 Å². The van der Waals surface area contributed by atoms with Gasteiger partial charge in [-0.05, 0) is 74.6 Å². The largest absolute Gasteiger partial charge is 0.494 e. The second kappa shape index (κ2) is 21.3. The van der Waals surface area contributed by atoms with Crippen molar-refractivity contribution in [3.05, 3.63) is 95.6 Å². The number of ketones is 2. The average Bonchev–Trinajstić information content (AvgIpc) is 3.12. The number of aliphatic hydroxyl groups excluding tert-OH is 2. The van der Waals surface area contributed by atoms with Crippen LogP contribution in [0, 0.1) is 5.41 Å². The van der Waals surface area contributed by atoms with Crippen molar-refractivity contribution in [1.29, 1.82) is 0 Å². The van der Waals surface area contributed by atoms with Crippen LogP contribution in [0.1, 0.15) is 88.2 Å². The second-order valence-corrected chi connectivity index (χ2v) is 12.8. The van der Waals surface area contributed by atoms with Gasteiger partial charge in [0.1, 0.15) is 48.3 Å². The number of hydrogen-bond acceptors (Lipinski definition) is 12. The van der Waals surface area contributed by atoms with Crippen molar-refractivity contribution in [2.45, 2.75) is 78.1 Å². The van der Waals surface area contributed by atoms with Gasteiger partial charge >= 0.3 is 17.9 Å². The molecule has 2 atom stereocenters. The summed E-state index contributed by atoms with van der Waals surface area (Å²) in [5, 5.41) is 20.1. The molecule has 0 aliphatic carbocycles. The summed E-state index contributed by atoms with van der Waals surface area (Å²) in [6.07, 6.45) is -1.05. The molecule has 0 fully saturated rings. The molecule has 2 unspecified atom stereocenters. The number of rotatable bonds is 23. The minimum Gasteiger partial charge on any atom is -0.494 e. The van der Waals surface area contributed by atoms with Gasteiger partial charge in [-0.1, -0.05) is 54.6 Å². The smallest absolute Gasteiger partial charge is 0.319 e. The van der Waals surface area contributed by atoms with Crippen LogP contribution in [-0.4, -0.2) is 66.1 Å². The van der Waals surface area contributed by atoms with E-state index in [4.69, 9.17) is 23.7 Å². The van der Waals surface area contributed by atoms with E-state index < -0.39 is 35.5 Å². The number of benzene rings is 3. The minimum atomic E-state index is -1.48. The predicted molar refractivity (Wildman–Crippen MR) is 189 cm³/mol. The predicted octanol–water partition coefficient (Wildman–Crippen LogP) is 5.57. The van der Waals surface area contributed by atoms with Gasteiger partial charge in [0, 0.05) is 25.7 Å². The van der Waals surface area contributed by atoms with Crippen LogP contribution in [0.3, 0.4) is 0 Å².